The molecule has 0 fully saturated rings. The van der Waals surface area contributed by atoms with Gasteiger partial charge in [0.1, 0.15) is 5.82 Å². The number of nitrogens with zero attached hydrogens (tertiary/aromatic N) is 1. The molecule has 2 aromatic carbocycles. The molecule has 1 aromatic heterocycles. The van der Waals surface area contributed by atoms with Crippen LogP contribution >= 0.6 is 8.58 Å². The molecular formula is C21H19FNP. The van der Waals surface area contributed by atoms with Gasteiger partial charge in [-0.2, -0.15) is 0 Å². The molecule has 0 saturated heterocycles. The molecule has 24 heavy (non-hydrogen) atoms. The van der Waals surface area contributed by atoms with Crippen LogP contribution in [-0.4, -0.2) is 4.98 Å². The minimum absolute atomic E-state index is 0.182. The minimum atomic E-state index is -0.182. The van der Waals surface area contributed by atoms with Crippen LogP contribution < -0.4 is 0 Å². The Hall–Kier alpha value is -2.31. The summed E-state index contributed by atoms with van der Waals surface area (Å²) in [5, 5.41) is 1.09. The Bertz CT molecular complexity index is 856. The van der Waals surface area contributed by atoms with Gasteiger partial charge in [0.25, 0.3) is 0 Å². The van der Waals surface area contributed by atoms with Crippen LogP contribution in [0.4, 0.5) is 4.39 Å². The predicted octanol–water partition coefficient (Wildman–Crippen LogP) is 6.05. The Labute approximate surface area is 144 Å². The highest BCUT2D eigenvalue weighted by molar-refractivity contribution is 7.49. The van der Waals surface area contributed by atoms with Crippen LogP contribution in [0.25, 0.3) is 16.6 Å². The van der Waals surface area contributed by atoms with E-state index in [1.165, 1.54) is 11.6 Å². The lowest BCUT2D eigenvalue weighted by Gasteiger charge is -2.08. The van der Waals surface area contributed by atoms with Gasteiger partial charge in [-0.1, -0.05) is 51.6 Å². The summed E-state index contributed by atoms with van der Waals surface area (Å²) in [7, 11) is 0.542. The van der Waals surface area contributed by atoms with Gasteiger partial charge in [0, 0.05) is 11.8 Å². The van der Waals surface area contributed by atoms with Gasteiger partial charge < -0.3 is 0 Å². The fraction of sp³-hybridized carbons (Fsp3) is 0.0952. The number of pyridine rings is 1. The molecule has 1 unspecified atom stereocenters. The number of hydrogen-bond acceptors (Lipinski definition) is 1. The average molecular weight is 335 g/mol. The Morgan fingerprint density at radius 3 is 2.58 bits per heavy atom. The van der Waals surface area contributed by atoms with E-state index in [0.29, 0.717) is 8.58 Å². The molecule has 1 atom stereocenters. The molecule has 0 bridgehead atoms. The lowest BCUT2D eigenvalue weighted by Crippen LogP contribution is -1.86. The van der Waals surface area contributed by atoms with Crippen molar-refractivity contribution in [1.82, 2.24) is 4.98 Å². The van der Waals surface area contributed by atoms with Crippen molar-refractivity contribution in [1.29, 1.82) is 0 Å². The first-order valence-corrected chi connectivity index (χ1v) is 9.03. The van der Waals surface area contributed by atoms with Crippen molar-refractivity contribution in [3.63, 3.8) is 0 Å². The summed E-state index contributed by atoms with van der Waals surface area (Å²) in [6.07, 6.45) is 2.65. The van der Waals surface area contributed by atoms with E-state index in [1.807, 2.05) is 18.3 Å². The van der Waals surface area contributed by atoms with Crippen LogP contribution in [0.15, 0.2) is 73.4 Å². The molecule has 0 N–H and O–H groups in total. The normalized spacial score (nSPS) is 11.1. The zero-order valence-corrected chi connectivity index (χ0v) is 14.6. The van der Waals surface area contributed by atoms with Gasteiger partial charge in [0.05, 0.1) is 5.69 Å². The van der Waals surface area contributed by atoms with Crippen LogP contribution in [0, 0.1) is 12.7 Å². The summed E-state index contributed by atoms with van der Waals surface area (Å²) < 4.78 is 13.2. The monoisotopic (exact) mass is 335 g/mol. The van der Waals surface area contributed by atoms with Crippen molar-refractivity contribution in [3.05, 3.63) is 95.9 Å². The van der Waals surface area contributed by atoms with Gasteiger partial charge in [-0.15, -0.1) is 0 Å². The minimum Gasteiger partial charge on any atom is -0.256 e. The van der Waals surface area contributed by atoms with Crippen molar-refractivity contribution in [2.45, 2.75) is 13.1 Å². The summed E-state index contributed by atoms with van der Waals surface area (Å²) in [6.45, 7) is 6.25. The quantitative estimate of drug-likeness (QED) is 0.518. The highest BCUT2D eigenvalue weighted by Gasteiger charge is 2.04. The average Bonchev–Trinajstić information content (AvgIpc) is 2.60. The van der Waals surface area contributed by atoms with Crippen molar-refractivity contribution in [3.8, 4) is 11.3 Å². The largest absolute Gasteiger partial charge is 0.256 e. The van der Waals surface area contributed by atoms with E-state index in [4.69, 9.17) is 0 Å². The predicted molar refractivity (Wildman–Crippen MR) is 102 cm³/mol. The molecular weight excluding hydrogens is 316 g/mol. The number of aryl methyl sites for hydroxylation is 1. The van der Waals surface area contributed by atoms with Gasteiger partial charge in [-0.25, -0.2) is 4.39 Å². The first-order valence-electron chi connectivity index (χ1n) is 7.82. The lowest BCUT2D eigenvalue weighted by molar-refractivity contribution is 0.626. The Balaban J connectivity index is 1.68. The standard InChI is InChI=1S/C21H19FNP/c1-15-10-11-23-21(12-15)19-8-6-18(7-9-19)16(2)24-14-17-4-3-5-20(22)13-17/h3-13,24H,2,14H2,1H3. The van der Waals surface area contributed by atoms with E-state index in [9.17, 15) is 4.39 Å². The molecule has 3 aromatic rings. The van der Waals surface area contributed by atoms with Gasteiger partial charge in [-0.05, 0) is 59.4 Å². The lowest BCUT2D eigenvalue weighted by atomic mass is 10.1. The highest BCUT2D eigenvalue weighted by Crippen LogP contribution is 2.35. The van der Waals surface area contributed by atoms with Crippen molar-refractivity contribution >= 4 is 13.9 Å². The fourth-order valence-corrected chi connectivity index (χ4v) is 3.50. The van der Waals surface area contributed by atoms with Crippen LogP contribution in [0.5, 0.6) is 0 Å². The maximum atomic E-state index is 13.2. The van der Waals surface area contributed by atoms with Gasteiger partial charge in [0.2, 0.25) is 0 Å². The second-order valence-corrected chi connectivity index (χ2v) is 7.07. The smallest absolute Gasteiger partial charge is 0.123 e. The third-order valence-corrected chi connectivity index (χ3v) is 5.14. The summed E-state index contributed by atoms with van der Waals surface area (Å²) in [5.74, 6) is -0.182. The zero-order chi connectivity index (χ0) is 16.9. The molecule has 1 nitrogen and oxygen atoms in total. The first kappa shape index (κ1) is 16.5. The maximum Gasteiger partial charge on any atom is 0.123 e. The summed E-state index contributed by atoms with van der Waals surface area (Å²) in [6, 6.07) is 19.2. The van der Waals surface area contributed by atoms with E-state index in [1.54, 1.807) is 12.1 Å². The molecule has 0 saturated carbocycles. The van der Waals surface area contributed by atoms with E-state index < -0.39 is 0 Å². The molecule has 1 heterocycles. The molecule has 3 heteroatoms. The summed E-state index contributed by atoms with van der Waals surface area (Å²) >= 11 is 0. The van der Waals surface area contributed by atoms with Crippen LogP contribution in [0.3, 0.4) is 0 Å². The Morgan fingerprint density at radius 2 is 1.88 bits per heavy atom. The van der Waals surface area contributed by atoms with Crippen molar-refractivity contribution < 1.29 is 4.39 Å². The third-order valence-electron chi connectivity index (χ3n) is 3.84. The molecule has 0 spiro atoms. The van der Waals surface area contributed by atoms with Crippen molar-refractivity contribution in [2.24, 2.45) is 0 Å². The molecule has 0 radical (unpaired) electrons. The fourth-order valence-electron chi connectivity index (χ4n) is 2.49. The topological polar surface area (TPSA) is 12.9 Å². The van der Waals surface area contributed by atoms with Gasteiger partial charge in [-0.3, -0.25) is 4.98 Å². The first-order chi connectivity index (χ1) is 11.6. The van der Waals surface area contributed by atoms with E-state index in [-0.39, 0.29) is 5.82 Å². The molecule has 120 valence electrons. The summed E-state index contributed by atoms with van der Waals surface area (Å²) in [5.41, 5.74) is 5.42. The second kappa shape index (κ2) is 7.51. The number of aromatic nitrogens is 1. The van der Waals surface area contributed by atoms with Gasteiger partial charge >= 0.3 is 0 Å². The highest BCUT2D eigenvalue weighted by atomic mass is 31.1. The number of rotatable bonds is 5. The molecule has 0 aliphatic rings. The molecule has 3 rings (SSSR count). The number of benzene rings is 2. The second-order valence-electron chi connectivity index (χ2n) is 5.76. The van der Waals surface area contributed by atoms with Crippen LogP contribution in [-0.2, 0) is 6.16 Å². The van der Waals surface area contributed by atoms with Crippen LogP contribution in [0.2, 0.25) is 0 Å². The molecule has 0 aliphatic heterocycles. The third kappa shape index (κ3) is 4.15. The van der Waals surface area contributed by atoms with E-state index in [0.717, 1.165) is 33.9 Å². The summed E-state index contributed by atoms with van der Waals surface area (Å²) in [4.78, 5) is 4.41. The van der Waals surface area contributed by atoms with E-state index in [2.05, 4.69) is 48.8 Å². The molecule has 0 aliphatic carbocycles. The van der Waals surface area contributed by atoms with E-state index >= 15 is 0 Å². The maximum absolute atomic E-state index is 13.2. The Kier molecular flexibility index (Phi) is 5.17. The number of halogens is 1. The van der Waals surface area contributed by atoms with Crippen LogP contribution in [0.1, 0.15) is 16.7 Å². The van der Waals surface area contributed by atoms with Gasteiger partial charge in [0.15, 0.2) is 0 Å². The zero-order valence-electron chi connectivity index (χ0n) is 13.6. The number of hydrogen-bond donors (Lipinski definition) is 0. The SMILES string of the molecule is C=C(PCc1cccc(F)c1)c1ccc(-c2cc(C)ccn2)cc1. The Morgan fingerprint density at radius 1 is 1.08 bits per heavy atom. The van der Waals surface area contributed by atoms with Crippen molar-refractivity contribution in [2.75, 3.05) is 0 Å². The molecule has 0 amide bonds.